The largest absolute Gasteiger partial charge is 0.497 e. The quantitative estimate of drug-likeness (QED) is 0.235. The fourth-order valence-electron chi connectivity index (χ4n) is 3.48. The Balaban J connectivity index is 1.71. The highest BCUT2D eigenvalue weighted by molar-refractivity contribution is 7.99. The van der Waals surface area contributed by atoms with E-state index in [4.69, 9.17) is 19.2 Å². The number of carbonyl (C=O) groups excluding carboxylic acids is 1. The first-order valence-corrected chi connectivity index (χ1v) is 13.0. The summed E-state index contributed by atoms with van der Waals surface area (Å²) in [4.78, 5) is 23.2. The summed E-state index contributed by atoms with van der Waals surface area (Å²) < 4.78 is 17.1. The van der Waals surface area contributed by atoms with Crippen LogP contribution in [-0.4, -0.2) is 70.1 Å². The van der Waals surface area contributed by atoms with Gasteiger partial charge in [-0.15, -0.1) is 11.8 Å². The molecule has 7 nitrogen and oxygen atoms in total. The maximum absolute atomic E-state index is 13.3. The number of ether oxygens (including phenoxy) is 3. The van der Waals surface area contributed by atoms with E-state index in [0.29, 0.717) is 23.8 Å². The number of amides is 1. The molecular weight excluding hydrogens is 470 g/mol. The number of hydrogen-bond acceptors (Lipinski definition) is 8. The van der Waals surface area contributed by atoms with Crippen LogP contribution in [0.2, 0.25) is 0 Å². The van der Waals surface area contributed by atoms with Gasteiger partial charge in [0.25, 0.3) is 0 Å². The van der Waals surface area contributed by atoms with Crippen LogP contribution < -0.4 is 19.1 Å². The van der Waals surface area contributed by atoms with Crippen molar-refractivity contribution in [3.63, 3.8) is 0 Å². The van der Waals surface area contributed by atoms with E-state index in [0.717, 1.165) is 46.9 Å². The fourth-order valence-corrected chi connectivity index (χ4v) is 5.45. The van der Waals surface area contributed by atoms with E-state index < -0.39 is 0 Å². The van der Waals surface area contributed by atoms with Crippen LogP contribution in [0.4, 0.5) is 5.13 Å². The molecule has 0 radical (unpaired) electrons. The van der Waals surface area contributed by atoms with Gasteiger partial charge in [0.15, 0.2) is 5.13 Å². The normalized spacial score (nSPS) is 11.1. The minimum Gasteiger partial charge on any atom is -0.497 e. The SMILES string of the molecule is COc1ccc(SCCCC(=O)N(CCCN(C)C)c2nc3c(OC)ccc(OC)c3s2)cc1. The maximum Gasteiger partial charge on any atom is 0.228 e. The van der Waals surface area contributed by atoms with Crippen molar-refractivity contribution in [1.29, 1.82) is 0 Å². The first-order valence-electron chi connectivity index (χ1n) is 11.2. The second-order valence-corrected chi connectivity index (χ2v) is 10.1. The van der Waals surface area contributed by atoms with E-state index in [-0.39, 0.29) is 5.91 Å². The average molecular weight is 504 g/mol. The molecule has 0 bridgehead atoms. The topological polar surface area (TPSA) is 64.1 Å². The molecule has 3 aromatic rings. The van der Waals surface area contributed by atoms with Gasteiger partial charge in [-0.05, 0) is 75.6 Å². The van der Waals surface area contributed by atoms with Crippen LogP contribution >= 0.6 is 23.1 Å². The molecule has 34 heavy (non-hydrogen) atoms. The summed E-state index contributed by atoms with van der Waals surface area (Å²) in [5.74, 6) is 3.21. The van der Waals surface area contributed by atoms with E-state index in [9.17, 15) is 4.79 Å². The number of thioether (sulfide) groups is 1. The fraction of sp³-hybridized carbons (Fsp3) is 0.440. The summed E-state index contributed by atoms with van der Waals surface area (Å²) in [5, 5.41) is 0.685. The van der Waals surface area contributed by atoms with Crippen molar-refractivity contribution in [3.05, 3.63) is 36.4 Å². The standard InChI is InChI=1S/C25H33N3O4S2/c1-27(2)15-7-16-28(22(29)8-6-17-33-19-11-9-18(30-3)10-12-19)25-26-23-20(31-4)13-14-21(32-5)24(23)34-25/h9-14H,6-8,15-17H2,1-5H3. The second kappa shape index (κ2) is 12.8. The summed E-state index contributed by atoms with van der Waals surface area (Å²) in [5.41, 5.74) is 0.724. The van der Waals surface area contributed by atoms with Crippen molar-refractivity contribution in [3.8, 4) is 17.2 Å². The average Bonchev–Trinajstić information content (AvgIpc) is 3.29. The summed E-state index contributed by atoms with van der Waals surface area (Å²) in [6, 6.07) is 11.7. The third-order valence-corrected chi connectivity index (χ3v) is 7.47. The molecule has 3 rings (SSSR count). The van der Waals surface area contributed by atoms with Crippen molar-refractivity contribution < 1.29 is 19.0 Å². The Morgan fingerprint density at radius 2 is 1.65 bits per heavy atom. The number of thiazole rings is 1. The van der Waals surface area contributed by atoms with Gasteiger partial charge in [-0.1, -0.05) is 11.3 Å². The van der Waals surface area contributed by atoms with E-state index in [1.165, 1.54) is 16.2 Å². The molecule has 1 heterocycles. The molecule has 0 aliphatic rings. The van der Waals surface area contributed by atoms with Gasteiger partial charge in [-0.3, -0.25) is 9.69 Å². The first kappa shape index (κ1) is 26.1. The highest BCUT2D eigenvalue weighted by atomic mass is 32.2. The highest BCUT2D eigenvalue weighted by Gasteiger charge is 2.22. The predicted octanol–water partition coefficient (Wildman–Crippen LogP) is 5.18. The van der Waals surface area contributed by atoms with Crippen LogP contribution in [-0.2, 0) is 4.79 Å². The summed E-state index contributed by atoms with van der Waals surface area (Å²) in [7, 11) is 9.00. The first-order chi connectivity index (χ1) is 16.5. The monoisotopic (exact) mass is 503 g/mol. The third kappa shape index (κ3) is 6.77. The molecule has 0 unspecified atom stereocenters. The minimum absolute atomic E-state index is 0.0890. The Kier molecular flexibility index (Phi) is 9.86. The molecule has 0 aliphatic carbocycles. The van der Waals surface area contributed by atoms with Crippen LogP contribution in [0, 0.1) is 0 Å². The zero-order chi connectivity index (χ0) is 24.5. The zero-order valence-corrected chi connectivity index (χ0v) is 22.1. The number of benzene rings is 2. The molecule has 2 aromatic carbocycles. The number of aromatic nitrogens is 1. The van der Waals surface area contributed by atoms with Gasteiger partial charge in [0.05, 0.1) is 21.3 Å². The number of hydrogen-bond donors (Lipinski definition) is 0. The predicted molar refractivity (Wildman–Crippen MR) is 141 cm³/mol. The van der Waals surface area contributed by atoms with Crippen LogP contribution in [0.25, 0.3) is 10.2 Å². The van der Waals surface area contributed by atoms with Crippen molar-refractivity contribution >= 4 is 44.4 Å². The molecule has 0 fully saturated rings. The molecule has 184 valence electrons. The number of rotatable bonds is 13. The number of carbonyl (C=O) groups is 1. The lowest BCUT2D eigenvalue weighted by molar-refractivity contribution is -0.118. The molecule has 0 saturated carbocycles. The second-order valence-electron chi connectivity index (χ2n) is 7.97. The van der Waals surface area contributed by atoms with Gasteiger partial charge in [-0.25, -0.2) is 4.98 Å². The smallest absolute Gasteiger partial charge is 0.228 e. The number of fused-ring (bicyclic) bond motifs is 1. The Bertz CT molecular complexity index is 1030. The van der Waals surface area contributed by atoms with Gasteiger partial charge in [0.2, 0.25) is 5.91 Å². The van der Waals surface area contributed by atoms with Crippen molar-refractivity contribution in [2.24, 2.45) is 0 Å². The van der Waals surface area contributed by atoms with E-state index in [1.54, 1.807) is 33.1 Å². The minimum atomic E-state index is 0.0890. The van der Waals surface area contributed by atoms with Crippen LogP contribution in [0.3, 0.4) is 0 Å². The summed E-state index contributed by atoms with van der Waals surface area (Å²) in [6.07, 6.45) is 2.12. The van der Waals surface area contributed by atoms with E-state index in [1.807, 2.05) is 55.4 Å². The van der Waals surface area contributed by atoms with Crippen LogP contribution in [0.5, 0.6) is 17.2 Å². The van der Waals surface area contributed by atoms with Crippen molar-refractivity contribution in [1.82, 2.24) is 9.88 Å². The number of methoxy groups -OCH3 is 3. The highest BCUT2D eigenvalue weighted by Crippen LogP contribution is 2.40. The lowest BCUT2D eigenvalue weighted by Crippen LogP contribution is -2.33. The van der Waals surface area contributed by atoms with Gasteiger partial charge < -0.3 is 19.1 Å². The van der Waals surface area contributed by atoms with E-state index >= 15 is 0 Å². The maximum atomic E-state index is 13.3. The molecule has 0 atom stereocenters. The summed E-state index contributed by atoms with van der Waals surface area (Å²) >= 11 is 3.22. The van der Waals surface area contributed by atoms with Gasteiger partial charge in [-0.2, -0.15) is 0 Å². The Morgan fingerprint density at radius 3 is 2.29 bits per heavy atom. The van der Waals surface area contributed by atoms with Crippen molar-refractivity contribution in [2.75, 3.05) is 59.2 Å². The zero-order valence-electron chi connectivity index (χ0n) is 20.5. The lowest BCUT2D eigenvalue weighted by atomic mass is 10.3. The molecule has 0 spiro atoms. The van der Waals surface area contributed by atoms with Crippen LogP contribution in [0.15, 0.2) is 41.3 Å². The van der Waals surface area contributed by atoms with Gasteiger partial charge >= 0.3 is 0 Å². The lowest BCUT2D eigenvalue weighted by Gasteiger charge is -2.21. The molecule has 1 aromatic heterocycles. The molecular formula is C25H33N3O4S2. The Morgan fingerprint density at radius 1 is 0.941 bits per heavy atom. The molecule has 0 aliphatic heterocycles. The van der Waals surface area contributed by atoms with Gasteiger partial charge in [0.1, 0.15) is 27.5 Å². The number of nitrogens with zero attached hydrogens (tertiary/aromatic N) is 3. The Hall–Kier alpha value is -2.49. The third-order valence-electron chi connectivity index (χ3n) is 5.28. The van der Waals surface area contributed by atoms with Crippen molar-refractivity contribution in [2.45, 2.75) is 24.2 Å². The molecule has 0 saturated heterocycles. The molecule has 1 amide bonds. The number of anilines is 1. The van der Waals surface area contributed by atoms with Gasteiger partial charge in [0, 0.05) is 17.9 Å². The summed E-state index contributed by atoms with van der Waals surface area (Å²) in [6.45, 7) is 1.52. The Labute approximate surface area is 210 Å². The van der Waals surface area contributed by atoms with Crippen LogP contribution in [0.1, 0.15) is 19.3 Å². The molecule has 0 N–H and O–H groups in total. The molecule has 9 heteroatoms. The van der Waals surface area contributed by atoms with E-state index in [2.05, 4.69) is 4.90 Å².